The van der Waals surface area contributed by atoms with Crippen molar-refractivity contribution in [3.63, 3.8) is 0 Å². The van der Waals surface area contributed by atoms with Crippen molar-refractivity contribution < 1.29 is 22.7 Å². The fraction of sp³-hybridized carbons (Fsp3) is 0.308. The maximum Gasteiger partial charge on any atom is 0.307 e. The molecule has 1 aromatic heterocycles. The molecule has 1 heterocycles. The van der Waals surface area contributed by atoms with E-state index in [0.29, 0.717) is 17.9 Å². The molecule has 2 aromatic rings. The molecule has 0 saturated carbocycles. The maximum absolute atomic E-state index is 12.2. The number of nitrogens with zero attached hydrogens (tertiary/aromatic N) is 2. The average Bonchev–Trinajstić information content (AvgIpc) is 2.85. The molecule has 0 unspecified atom stereocenters. The Morgan fingerprint density at radius 1 is 1.19 bits per heavy atom. The van der Waals surface area contributed by atoms with Crippen LogP contribution in [-0.2, 0) is 33.2 Å². The van der Waals surface area contributed by atoms with Crippen molar-refractivity contribution in [1.82, 2.24) is 10.2 Å². The third-order valence-electron chi connectivity index (χ3n) is 2.76. The monoisotopic (exact) mass is 310 g/mol. The van der Waals surface area contributed by atoms with Crippen LogP contribution in [0.3, 0.4) is 0 Å². The van der Waals surface area contributed by atoms with Crippen molar-refractivity contribution >= 4 is 15.8 Å². The average molecular weight is 310 g/mol. The molecule has 0 saturated heterocycles. The van der Waals surface area contributed by atoms with Gasteiger partial charge in [-0.2, -0.15) is 0 Å². The molecule has 0 bridgehead atoms. The predicted molar refractivity (Wildman–Crippen MR) is 72.3 cm³/mol. The minimum absolute atomic E-state index is 0.0430. The van der Waals surface area contributed by atoms with Gasteiger partial charge in [-0.05, 0) is 17.7 Å². The molecule has 0 fully saturated rings. The van der Waals surface area contributed by atoms with Gasteiger partial charge in [0.05, 0.1) is 11.3 Å². The molecule has 0 spiro atoms. The molecule has 0 aliphatic carbocycles. The summed E-state index contributed by atoms with van der Waals surface area (Å²) in [6, 6.07) is 5.72. The van der Waals surface area contributed by atoms with Gasteiger partial charge in [0.25, 0.3) is 0 Å². The van der Waals surface area contributed by atoms with E-state index in [-0.39, 0.29) is 23.0 Å². The second kappa shape index (κ2) is 6.04. The van der Waals surface area contributed by atoms with Crippen LogP contribution in [0, 0.1) is 0 Å². The molecule has 8 heteroatoms. The van der Waals surface area contributed by atoms with Gasteiger partial charge in [-0.3, -0.25) is 4.79 Å². The van der Waals surface area contributed by atoms with Crippen LogP contribution in [0.5, 0.6) is 0 Å². The smallest absolute Gasteiger partial charge is 0.307 e. The number of carboxylic acid groups (broad SMARTS) is 1. The Labute approximate surface area is 121 Å². The Bertz CT molecular complexity index is 734. The molecule has 0 atom stereocenters. The lowest BCUT2D eigenvalue weighted by Gasteiger charge is -2.03. The number of aliphatic carboxylic acids is 1. The molecule has 0 aliphatic heterocycles. The van der Waals surface area contributed by atoms with Crippen LogP contribution < -0.4 is 0 Å². The highest BCUT2D eigenvalue weighted by molar-refractivity contribution is 7.90. The van der Waals surface area contributed by atoms with Crippen LogP contribution in [0.4, 0.5) is 0 Å². The highest BCUT2D eigenvalue weighted by Gasteiger charge is 2.19. The topological polar surface area (TPSA) is 110 Å². The van der Waals surface area contributed by atoms with Gasteiger partial charge in [-0.25, -0.2) is 8.42 Å². The van der Waals surface area contributed by atoms with Crippen molar-refractivity contribution in [3.05, 3.63) is 41.6 Å². The normalized spacial score (nSPS) is 11.5. The van der Waals surface area contributed by atoms with Crippen LogP contribution in [0.1, 0.15) is 24.3 Å². The predicted octanol–water partition coefficient (Wildman–Crippen LogP) is 1.23. The largest absolute Gasteiger partial charge is 0.481 e. The Hall–Kier alpha value is -2.22. The summed E-state index contributed by atoms with van der Waals surface area (Å²) in [5.41, 5.74) is 0.535. The number of sulfone groups is 1. The molecule has 21 heavy (non-hydrogen) atoms. The zero-order chi connectivity index (χ0) is 15.5. The summed E-state index contributed by atoms with van der Waals surface area (Å²) in [5, 5.41) is 16.1. The number of rotatable bonds is 6. The lowest BCUT2D eigenvalue weighted by Crippen LogP contribution is -2.06. The molecule has 2 rings (SSSR count). The van der Waals surface area contributed by atoms with Gasteiger partial charge < -0.3 is 9.52 Å². The number of hydrogen-bond acceptors (Lipinski definition) is 6. The molecule has 112 valence electrons. The molecule has 1 N–H and O–H groups in total. The fourth-order valence-corrected chi connectivity index (χ4v) is 2.88. The van der Waals surface area contributed by atoms with Gasteiger partial charge in [0.15, 0.2) is 9.84 Å². The summed E-state index contributed by atoms with van der Waals surface area (Å²) in [4.78, 5) is 10.7. The number of benzene rings is 1. The number of carboxylic acids is 1. The lowest BCUT2D eigenvalue weighted by atomic mass is 10.2. The van der Waals surface area contributed by atoms with Crippen molar-refractivity contribution in [2.45, 2.75) is 30.4 Å². The number of aryl methyl sites for hydroxylation is 1. The van der Waals surface area contributed by atoms with Crippen molar-refractivity contribution in [3.8, 4) is 0 Å². The van der Waals surface area contributed by atoms with Gasteiger partial charge in [0, 0.05) is 6.42 Å². The van der Waals surface area contributed by atoms with E-state index in [1.54, 1.807) is 0 Å². The molecular formula is C13H14N2O5S. The van der Waals surface area contributed by atoms with Gasteiger partial charge >= 0.3 is 5.97 Å². The van der Waals surface area contributed by atoms with Crippen molar-refractivity contribution in [2.24, 2.45) is 0 Å². The first-order valence-electron chi connectivity index (χ1n) is 6.25. The first kappa shape index (κ1) is 15.2. The molecule has 0 radical (unpaired) electrons. The summed E-state index contributed by atoms with van der Waals surface area (Å²) < 4.78 is 29.6. The second-order valence-electron chi connectivity index (χ2n) is 4.42. The molecule has 1 aromatic carbocycles. The second-order valence-corrected chi connectivity index (χ2v) is 6.41. The van der Waals surface area contributed by atoms with Crippen LogP contribution in [0.2, 0.25) is 0 Å². The van der Waals surface area contributed by atoms with Crippen LogP contribution >= 0.6 is 0 Å². The first-order valence-corrected chi connectivity index (χ1v) is 7.90. The molecule has 0 aliphatic rings. The number of carbonyl (C=O) groups is 1. The summed E-state index contributed by atoms with van der Waals surface area (Å²) in [5.74, 6) is -0.916. The van der Waals surface area contributed by atoms with Crippen molar-refractivity contribution in [2.75, 3.05) is 0 Å². The minimum atomic E-state index is -3.60. The van der Waals surface area contributed by atoms with E-state index >= 15 is 0 Å². The summed E-state index contributed by atoms with van der Waals surface area (Å²) >= 11 is 0. The van der Waals surface area contributed by atoms with E-state index in [9.17, 15) is 13.2 Å². The van der Waals surface area contributed by atoms with E-state index in [4.69, 9.17) is 9.52 Å². The van der Waals surface area contributed by atoms with Crippen LogP contribution in [0.25, 0.3) is 0 Å². The van der Waals surface area contributed by atoms with E-state index in [1.807, 2.05) is 6.92 Å². The van der Waals surface area contributed by atoms with E-state index in [0.717, 1.165) is 0 Å². The Kier molecular flexibility index (Phi) is 4.37. The zero-order valence-electron chi connectivity index (χ0n) is 11.3. The third-order valence-corrected chi connectivity index (χ3v) is 4.38. The summed E-state index contributed by atoms with van der Waals surface area (Å²) in [6.07, 6.45) is 0.390. The SMILES string of the molecule is CCc1nnc(CS(=O)(=O)c2ccc(CC(=O)O)cc2)o1. The maximum atomic E-state index is 12.2. The zero-order valence-corrected chi connectivity index (χ0v) is 12.1. The van der Waals surface area contributed by atoms with E-state index in [1.165, 1.54) is 24.3 Å². The molecule has 7 nitrogen and oxygen atoms in total. The first-order chi connectivity index (χ1) is 9.90. The highest BCUT2D eigenvalue weighted by atomic mass is 32.2. The van der Waals surface area contributed by atoms with Crippen LogP contribution in [0.15, 0.2) is 33.6 Å². The number of aromatic nitrogens is 2. The quantitative estimate of drug-likeness (QED) is 0.854. The highest BCUT2D eigenvalue weighted by Crippen LogP contribution is 2.17. The lowest BCUT2D eigenvalue weighted by molar-refractivity contribution is -0.136. The molecule has 0 amide bonds. The standard InChI is InChI=1S/C13H14N2O5S/c1-2-11-14-15-12(20-11)8-21(18,19)10-5-3-9(4-6-10)7-13(16)17/h3-6H,2,7-8H2,1H3,(H,16,17). The Morgan fingerprint density at radius 2 is 1.81 bits per heavy atom. The molecular weight excluding hydrogens is 296 g/mol. The van der Waals surface area contributed by atoms with E-state index < -0.39 is 15.8 Å². The third kappa shape index (κ3) is 3.88. The van der Waals surface area contributed by atoms with Gasteiger partial charge in [0.1, 0.15) is 5.75 Å². The van der Waals surface area contributed by atoms with Crippen molar-refractivity contribution in [1.29, 1.82) is 0 Å². The minimum Gasteiger partial charge on any atom is -0.481 e. The van der Waals surface area contributed by atoms with Gasteiger partial charge in [0.2, 0.25) is 11.8 Å². The van der Waals surface area contributed by atoms with Crippen LogP contribution in [-0.4, -0.2) is 29.7 Å². The van der Waals surface area contributed by atoms with Gasteiger partial charge in [-0.1, -0.05) is 19.1 Å². The summed E-state index contributed by atoms with van der Waals surface area (Å²) in [7, 11) is -3.60. The van der Waals surface area contributed by atoms with Gasteiger partial charge in [-0.15, -0.1) is 10.2 Å². The Morgan fingerprint density at radius 3 is 2.33 bits per heavy atom. The Balaban J connectivity index is 2.17. The van der Waals surface area contributed by atoms with E-state index in [2.05, 4.69) is 10.2 Å². The number of hydrogen-bond donors (Lipinski definition) is 1. The summed E-state index contributed by atoms with van der Waals surface area (Å²) in [6.45, 7) is 1.83. The fourth-order valence-electron chi connectivity index (χ4n) is 1.72.